The Bertz CT molecular complexity index is 487. The molecule has 82 valence electrons. The zero-order valence-electron chi connectivity index (χ0n) is 8.84. The van der Waals surface area contributed by atoms with E-state index in [0.29, 0.717) is 5.82 Å². The standard InChI is InChI=1S/C11H12N4S/c1-8-3-2-4-9(5-8)16-11-6-10(15-12)13-7-14-11/h2-7H,12H2,1H3,(H,13,14,15). The van der Waals surface area contributed by atoms with Gasteiger partial charge in [0.25, 0.3) is 0 Å². The molecule has 3 N–H and O–H groups in total. The van der Waals surface area contributed by atoms with Crippen LogP contribution in [0.1, 0.15) is 5.56 Å². The molecule has 0 aliphatic carbocycles. The van der Waals surface area contributed by atoms with Crippen molar-refractivity contribution in [1.29, 1.82) is 0 Å². The van der Waals surface area contributed by atoms with Gasteiger partial charge in [-0.1, -0.05) is 29.5 Å². The quantitative estimate of drug-likeness (QED) is 0.482. The molecule has 0 amide bonds. The van der Waals surface area contributed by atoms with E-state index in [9.17, 15) is 0 Å². The fourth-order valence-corrected chi connectivity index (χ4v) is 2.18. The largest absolute Gasteiger partial charge is 0.308 e. The second-order valence-electron chi connectivity index (χ2n) is 3.30. The van der Waals surface area contributed by atoms with E-state index in [4.69, 9.17) is 5.84 Å². The molecule has 0 fully saturated rings. The first-order valence-electron chi connectivity index (χ1n) is 4.81. The topological polar surface area (TPSA) is 63.8 Å². The Morgan fingerprint density at radius 3 is 2.88 bits per heavy atom. The van der Waals surface area contributed by atoms with Gasteiger partial charge in [0.05, 0.1) is 0 Å². The number of hydrazine groups is 1. The molecular weight excluding hydrogens is 220 g/mol. The van der Waals surface area contributed by atoms with Gasteiger partial charge in [-0.25, -0.2) is 15.8 Å². The normalized spacial score (nSPS) is 10.1. The van der Waals surface area contributed by atoms with Gasteiger partial charge in [-0.15, -0.1) is 0 Å². The van der Waals surface area contributed by atoms with E-state index in [1.807, 2.05) is 12.1 Å². The molecule has 0 atom stereocenters. The van der Waals surface area contributed by atoms with Crippen molar-refractivity contribution in [2.75, 3.05) is 5.43 Å². The summed E-state index contributed by atoms with van der Waals surface area (Å²) in [7, 11) is 0. The molecule has 0 aliphatic rings. The molecule has 0 saturated carbocycles. The number of anilines is 1. The molecule has 1 heterocycles. The van der Waals surface area contributed by atoms with E-state index in [1.54, 1.807) is 11.8 Å². The van der Waals surface area contributed by atoms with Crippen LogP contribution in [0.5, 0.6) is 0 Å². The number of aromatic nitrogens is 2. The Morgan fingerprint density at radius 2 is 2.12 bits per heavy atom. The molecule has 0 unspecified atom stereocenters. The highest BCUT2D eigenvalue weighted by molar-refractivity contribution is 7.99. The number of nitrogen functional groups attached to an aromatic ring is 1. The third kappa shape index (κ3) is 2.71. The summed E-state index contributed by atoms with van der Waals surface area (Å²) >= 11 is 1.58. The summed E-state index contributed by atoms with van der Waals surface area (Å²) in [6, 6.07) is 10.1. The summed E-state index contributed by atoms with van der Waals surface area (Å²) in [6.45, 7) is 2.07. The second kappa shape index (κ2) is 4.96. The molecule has 0 saturated heterocycles. The van der Waals surface area contributed by atoms with Crippen LogP contribution in [0.4, 0.5) is 5.82 Å². The molecule has 16 heavy (non-hydrogen) atoms. The van der Waals surface area contributed by atoms with E-state index in [0.717, 1.165) is 9.92 Å². The number of rotatable bonds is 3. The highest BCUT2D eigenvalue weighted by atomic mass is 32.2. The van der Waals surface area contributed by atoms with Gasteiger partial charge in [0.2, 0.25) is 0 Å². The third-order valence-electron chi connectivity index (χ3n) is 2.00. The number of nitrogens with zero attached hydrogens (tertiary/aromatic N) is 2. The molecule has 0 spiro atoms. The lowest BCUT2D eigenvalue weighted by Crippen LogP contribution is -2.08. The average molecular weight is 232 g/mol. The smallest absolute Gasteiger partial charge is 0.144 e. The first-order chi connectivity index (χ1) is 7.78. The number of nitrogens with two attached hydrogens (primary N) is 1. The maximum atomic E-state index is 5.29. The lowest BCUT2D eigenvalue weighted by molar-refractivity contribution is 1.04. The van der Waals surface area contributed by atoms with Crippen molar-refractivity contribution < 1.29 is 0 Å². The lowest BCUT2D eigenvalue weighted by Gasteiger charge is -2.03. The SMILES string of the molecule is Cc1cccc(Sc2cc(NN)ncn2)c1. The van der Waals surface area contributed by atoms with Crippen LogP contribution in [-0.4, -0.2) is 9.97 Å². The molecule has 0 radical (unpaired) electrons. The Kier molecular flexibility index (Phi) is 3.38. The summed E-state index contributed by atoms with van der Waals surface area (Å²) in [5, 5.41) is 0.869. The van der Waals surface area contributed by atoms with Crippen LogP contribution in [0.15, 0.2) is 46.6 Å². The monoisotopic (exact) mass is 232 g/mol. The lowest BCUT2D eigenvalue weighted by atomic mass is 10.2. The fourth-order valence-electron chi connectivity index (χ4n) is 1.27. The van der Waals surface area contributed by atoms with Gasteiger partial charge in [0.1, 0.15) is 17.2 Å². The molecule has 0 bridgehead atoms. The highest BCUT2D eigenvalue weighted by Gasteiger charge is 2.00. The number of hydrogen-bond acceptors (Lipinski definition) is 5. The first kappa shape index (κ1) is 10.9. The van der Waals surface area contributed by atoms with E-state index >= 15 is 0 Å². The van der Waals surface area contributed by atoms with E-state index in [2.05, 4.69) is 40.5 Å². The van der Waals surface area contributed by atoms with E-state index in [-0.39, 0.29) is 0 Å². The van der Waals surface area contributed by atoms with Gasteiger partial charge in [0, 0.05) is 11.0 Å². The minimum atomic E-state index is 0.616. The van der Waals surface area contributed by atoms with Crippen LogP contribution in [0, 0.1) is 6.92 Å². The van der Waals surface area contributed by atoms with Crippen molar-refractivity contribution in [3.8, 4) is 0 Å². The predicted octanol–water partition coefficient (Wildman–Crippen LogP) is 2.22. The third-order valence-corrected chi connectivity index (χ3v) is 2.92. The molecule has 4 nitrogen and oxygen atoms in total. The Labute approximate surface area is 98.3 Å². The average Bonchev–Trinajstić information content (AvgIpc) is 2.29. The Hall–Kier alpha value is -1.59. The van der Waals surface area contributed by atoms with Crippen LogP contribution in [0.25, 0.3) is 0 Å². The summed E-state index contributed by atoms with van der Waals surface area (Å²) in [6.07, 6.45) is 1.49. The van der Waals surface area contributed by atoms with Gasteiger partial charge in [-0.05, 0) is 19.1 Å². The first-order valence-corrected chi connectivity index (χ1v) is 5.63. The van der Waals surface area contributed by atoms with Gasteiger partial charge in [0.15, 0.2) is 0 Å². The van der Waals surface area contributed by atoms with Gasteiger partial charge >= 0.3 is 0 Å². The van der Waals surface area contributed by atoms with Crippen LogP contribution < -0.4 is 11.3 Å². The van der Waals surface area contributed by atoms with E-state index < -0.39 is 0 Å². The van der Waals surface area contributed by atoms with Crippen molar-refractivity contribution in [2.45, 2.75) is 16.8 Å². The van der Waals surface area contributed by atoms with Crippen molar-refractivity contribution in [3.05, 3.63) is 42.2 Å². The zero-order valence-corrected chi connectivity index (χ0v) is 9.66. The van der Waals surface area contributed by atoms with Crippen LogP contribution in [-0.2, 0) is 0 Å². The van der Waals surface area contributed by atoms with E-state index in [1.165, 1.54) is 11.9 Å². The summed E-state index contributed by atoms with van der Waals surface area (Å²) < 4.78 is 0. The Balaban J connectivity index is 2.20. The highest BCUT2D eigenvalue weighted by Crippen LogP contribution is 2.26. The van der Waals surface area contributed by atoms with Crippen molar-refractivity contribution in [3.63, 3.8) is 0 Å². The van der Waals surface area contributed by atoms with Crippen molar-refractivity contribution in [1.82, 2.24) is 9.97 Å². The zero-order chi connectivity index (χ0) is 11.4. The number of benzene rings is 1. The summed E-state index contributed by atoms with van der Waals surface area (Å²) in [4.78, 5) is 9.28. The molecule has 1 aromatic heterocycles. The maximum Gasteiger partial charge on any atom is 0.144 e. The number of nitrogens with one attached hydrogen (secondary N) is 1. The molecule has 2 rings (SSSR count). The van der Waals surface area contributed by atoms with Crippen LogP contribution in [0.3, 0.4) is 0 Å². The molecule has 2 aromatic rings. The van der Waals surface area contributed by atoms with Crippen LogP contribution in [0.2, 0.25) is 0 Å². The van der Waals surface area contributed by atoms with Crippen molar-refractivity contribution in [2.24, 2.45) is 5.84 Å². The van der Waals surface area contributed by atoms with Crippen LogP contribution >= 0.6 is 11.8 Å². The van der Waals surface area contributed by atoms with Gasteiger partial charge in [-0.2, -0.15) is 0 Å². The fraction of sp³-hybridized carbons (Fsp3) is 0.0909. The van der Waals surface area contributed by atoms with Crippen molar-refractivity contribution >= 4 is 17.6 Å². The Morgan fingerprint density at radius 1 is 1.25 bits per heavy atom. The second-order valence-corrected chi connectivity index (χ2v) is 4.40. The number of hydrogen-bond donors (Lipinski definition) is 2. The minimum Gasteiger partial charge on any atom is -0.308 e. The maximum absolute atomic E-state index is 5.29. The minimum absolute atomic E-state index is 0.616. The molecule has 5 heteroatoms. The van der Waals surface area contributed by atoms with Gasteiger partial charge in [-0.3, -0.25) is 0 Å². The van der Waals surface area contributed by atoms with Gasteiger partial charge < -0.3 is 5.43 Å². The molecule has 1 aromatic carbocycles. The molecule has 0 aliphatic heterocycles. The molecular formula is C11H12N4S. The summed E-state index contributed by atoms with van der Waals surface area (Å²) in [5.74, 6) is 5.90. The predicted molar refractivity (Wildman–Crippen MR) is 65.1 cm³/mol. The number of aryl methyl sites for hydroxylation is 1. The summed E-state index contributed by atoms with van der Waals surface area (Å²) in [5.41, 5.74) is 3.73.